The van der Waals surface area contributed by atoms with Crippen LogP contribution < -0.4 is 5.32 Å². The van der Waals surface area contributed by atoms with Gasteiger partial charge in [-0.2, -0.15) is 0 Å². The summed E-state index contributed by atoms with van der Waals surface area (Å²) in [7, 11) is -3.33. The van der Waals surface area contributed by atoms with Crippen molar-refractivity contribution in [3.8, 4) is 0 Å². The second-order valence-electron chi connectivity index (χ2n) is 3.15. The second kappa shape index (κ2) is 4.98. The largest absolute Gasteiger partial charge is 0.480 e. The highest BCUT2D eigenvalue weighted by molar-refractivity contribution is 7.91. The Balaban J connectivity index is 3.06. The summed E-state index contributed by atoms with van der Waals surface area (Å²) in [6.07, 6.45) is 0. The van der Waals surface area contributed by atoms with Crippen LogP contribution in [0.4, 0.5) is 5.69 Å². The quantitative estimate of drug-likeness (QED) is 0.805. The average Bonchev–Trinajstić information content (AvgIpc) is 2.26. The van der Waals surface area contributed by atoms with Gasteiger partial charge in [0.2, 0.25) is 0 Å². The molecule has 0 aliphatic heterocycles. The number of hydrogen-bond acceptors (Lipinski definition) is 4. The van der Waals surface area contributed by atoms with Crippen molar-refractivity contribution in [1.82, 2.24) is 0 Å². The van der Waals surface area contributed by atoms with Crippen LogP contribution in [-0.2, 0) is 14.6 Å². The van der Waals surface area contributed by atoms with Gasteiger partial charge in [-0.05, 0) is 12.1 Å². The number of para-hydroxylation sites is 1. The Morgan fingerprint density at radius 3 is 2.56 bits per heavy atom. The van der Waals surface area contributed by atoms with Crippen molar-refractivity contribution in [3.05, 3.63) is 24.3 Å². The number of hydrogen-bond donors (Lipinski definition) is 2. The predicted molar refractivity (Wildman–Crippen MR) is 60.3 cm³/mol. The molecule has 0 saturated carbocycles. The summed E-state index contributed by atoms with van der Waals surface area (Å²) in [4.78, 5) is 10.5. The standard InChI is InChI=1S/C10H13NO4S/c1-2-16(14,15)9-6-4-3-5-8(9)11-7-10(12)13/h3-6,11H,2,7H2,1H3,(H,12,13). The van der Waals surface area contributed by atoms with Crippen molar-refractivity contribution in [2.45, 2.75) is 11.8 Å². The van der Waals surface area contributed by atoms with Gasteiger partial charge in [0.05, 0.1) is 16.3 Å². The molecule has 0 heterocycles. The number of carbonyl (C=O) groups is 1. The first-order valence-corrected chi connectivity index (χ1v) is 6.40. The Morgan fingerprint density at radius 2 is 2.00 bits per heavy atom. The number of rotatable bonds is 5. The van der Waals surface area contributed by atoms with E-state index in [1.54, 1.807) is 25.1 Å². The van der Waals surface area contributed by atoms with Gasteiger partial charge in [-0.15, -0.1) is 0 Å². The second-order valence-corrected chi connectivity index (χ2v) is 5.39. The number of sulfone groups is 1. The maximum atomic E-state index is 11.7. The van der Waals surface area contributed by atoms with Crippen molar-refractivity contribution in [2.24, 2.45) is 0 Å². The van der Waals surface area contributed by atoms with E-state index in [0.717, 1.165) is 0 Å². The fraction of sp³-hybridized carbons (Fsp3) is 0.300. The summed E-state index contributed by atoms with van der Waals surface area (Å²) in [6.45, 7) is 1.24. The first kappa shape index (κ1) is 12.5. The molecule has 2 N–H and O–H groups in total. The monoisotopic (exact) mass is 243 g/mol. The van der Waals surface area contributed by atoms with Crippen molar-refractivity contribution in [3.63, 3.8) is 0 Å². The molecule has 1 aromatic carbocycles. The topological polar surface area (TPSA) is 83.5 Å². The molecule has 0 spiro atoms. The fourth-order valence-electron chi connectivity index (χ4n) is 1.21. The Labute approximate surface area is 94.0 Å². The van der Waals surface area contributed by atoms with Crippen molar-refractivity contribution in [2.75, 3.05) is 17.6 Å². The van der Waals surface area contributed by atoms with Gasteiger partial charge in [0, 0.05) is 0 Å². The summed E-state index contributed by atoms with van der Waals surface area (Å²) in [5, 5.41) is 11.1. The zero-order valence-electron chi connectivity index (χ0n) is 8.80. The molecule has 88 valence electrons. The van der Waals surface area contributed by atoms with Gasteiger partial charge < -0.3 is 10.4 Å². The molecular formula is C10H13NO4S. The number of carboxylic acids is 1. The lowest BCUT2D eigenvalue weighted by atomic mass is 10.3. The van der Waals surface area contributed by atoms with Gasteiger partial charge >= 0.3 is 5.97 Å². The first-order chi connectivity index (χ1) is 7.47. The Bertz CT molecular complexity index is 481. The summed E-state index contributed by atoms with van der Waals surface area (Å²) >= 11 is 0. The van der Waals surface area contributed by atoms with Crippen LogP contribution in [0.2, 0.25) is 0 Å². The van der Waals surface area contributed by atoms with Crippen LogP contribution in [0.3, 0.4) is 0 Å². The summed E-state index contributed by atoms with van der Waals surface area (Å²) < 4.78 is 23.4. The minimum atomic E-state index is -3.33. The minimum absolute atomic E-state index is 0.0151. The van der Waals surface area contributed by atoms with Crippen LogP contribution in [0.1, 0.15) is 6.92 Å². The van der Waals surface area contributed by atoms with E-state index in [4.69, 9.17) is 5.11 Å². The Hall–Kier alpha value is -1.56. The molecule has 16 heavy (non-hydrogen) atoms. The van der Waals surface area contributed by atoms with Crippen LogP contribution in [0.15, 0.2) is 29.2 Å². The number of aliphatic carboxylic acids is 1. The zero-order chi connectivity index (χ0) is 12.2. The van der Waals surface area contributed by atoms with Crippen LogP contribution in [0, 0.1) is 0 Å². The maximum Gasteiger partial charge on any atom is 0.322 e. The van der Waals surface area contributed by atoms with Crippen LogP contribution in [0.25, 0.3) is 0 Å². The van der Waals surface area contributed by atoms with E-state index < -0.39 is 15.8 Å². The maximum absolute atomic E-state index is 11.7. The van der Waals surface area contributed by atoms with Gasteiger partial charge in [0.1, 0.15) is 6.54 Å². The molecular weight excluding hydrogens is 230 g/mol. The number of nitrogens with one attached hydrogen (secondary N) is 1. The third-order valence-corrected chi connectivity index (χ3v) is 3.82. The molecule has 0 amide bonds. The fourth-order valence-corrected chi connectivity index (χ4v) is 2.28. The van der Waals surface area contributed by atoms with Crippen molar-refractivity contribution < 1.29 is 18.3 Å². The van der Waals surface area contributed by atoms with E-state index >= 15 is 0 Å². The molecule has 1 rings (SSSR count). The van der Waals surface area contributed by atoms with E-state index in [9.17, 15) is 13.2 Å². The molecule has 0 aliphatic carbocycles. The van der Waals surface area contributed by atoms with Gasteiger partial charge in [-0.1, -0.05) is 19.1 Å². The first-order valence-electron chi connectivity index (χ1n) is 4.75. The van der Waals surface area contributed by atoms with Gasteiger partial charge in [0.25, 0.3) is 0 Å². The summed E-state index contributed by atoms with van der Waals surface area (Å²) in [5.41, 5.74) is 0.326. The van der Waals surface area contributed by atoms with Gasteiger partial charge in [0.15, 0.2) is 9.84 Å². The lowest BCUT2D eigenvalue weighted by molar-refractivity contribution is -0.134. The number of benzene rings is 1. The molecule has 6 heteroatoms. The molecule has 0 saturated heterocycles. The van der Waals surface area contributed by atoms with E-state index in [1.807, 2.05) is 0 Å². The summed E-state index contributed by atoms with van der Waals surface area (Å²) in [5.74, 6) is -1.05. The zero-order valence-corrected chi connectivity index (χ0v) is 9.62. The highest BCUT2D eigenvalue weighted by Gasteiger charge is 2.15. The molecule has 0 atom stereocenters. The smallest absolute Gasteiger partial charge is 0.322 e. The molecule has 0 aromatic heterocycles. The molecule has 1 aromatic rings. The number of carboxylic acid groups (broad SMARTS) is 1. The SMILES string of the molecule is CCS(=O)(=O)c1ccccc1NCC(=O)O. The molecule has 0 aliphatic rings. The van der Waals surface area contributed by atoms with E-state index in [2.05, 4.69) is 5.32 Å². The van der Waals surface area contributed by atoms with Crippen molar-refractivity contribution in [1.29, 1.82) is 0 Å². The minimum Gasteiger partial charge on any atom is -0.480 e. The van der Waals surface area contributed by atoms with E-state index in [1.165, 1.54) is 6.07 Å². The van der Waals surface area contributed by atoms with E-state index in [0.29, 0.717) is 5.69 Å². The lowest BCUT2D eigenvalue weighted by Crippen LogP contribution is -2.15. The highest BCUT2D eigenvalue weighted by atomic mass is 32.2. The third-order valence-electron chi connectivity index (χ3n) is 2.03. The number of anilines is 1. The predicted octanol–water partition coefficient (Wildman–Crippen LogP) is 0.977. The Morgan fingerprint density at radius 1 is 1.38 bits per heavy atom. The van der Waals surface area contributed by atoms with Crippen LogP contribution >= 0.6 is 0 Å². The average molecular weight is 243 g/mol. The van der Waals surface area contributed by atoms with Gasteiger partial charge in [-0.25, -0.2) is 8.42 Å². The molecule has 0 unspecified atom stereocenters. The normalized spacial score (nSPS) is 11.1. The summed E-state index contributed by atoms with van der Waals surface area (Å²) in [6, 6.07) is 6.27. The lowest BCUT2D eigenvalue weighted by Gasteiger charge is -2.09. The molecule has 0 bridgehead atoms. The molecule has 5 nitrogen and oxygen atoms in total. The van der Waals surface area contributed by atoms with Crippen LogP contribution in [0.5, 0.6) is 0 Å². The third kappa shape index (κ3) is 2.96. The molecule has 0 fully saturated rings. The molecule has 0 radical (unpaired) electrons. The van der Waals surface area contributed by atoms with Gasteiger partial charge in [-0.3, -0.25) is 4.79 Å². The Kier molecular flexibility index (Phi) is 3.89. The van der Waals surface area contributed by atoms with Crippen molar-refractivity contribution >= 4 is 21.5 Å². The highest BCUT2D eigenvalue weighted by Crippen LogP contribution is 2.21. The van der Waals surface area contributed by atoms with Crippen LogP contribution in [-0.4, -0.2) is 31.8 Å². The van der Waals surface area contributed by atoms with E-state index in [-0.39, 0.29) is 17.2 Å².